The topological polar surface area (TPSA) is 101 Å². The van der Waals surface area contributed by atoms with Gasteiger partial charge in [-0.25, -0.2) is 4.79 Å². The first-order chi connectivity index (χ1) is 8.08. The van der Waals surface area contributed by atoms with Gasteiger partial charge in [0.25, 0.3) is 5.56 Å². The number of aromatic amines is 1. The Morgan fingerprint density at radius 2 is 2.00 bits per heavy atom. The number of carbonyl (C=O) groups is 1. The van der Waals surface area contributed by atoms with Crippen molar-refractivity contribution in [3.63, 3.8) is 0 Å². The Morgan fingerprint density at radius 3 is 2.65 bits per heavy atom. The lowest BCUT2D eigenvalue weighted by molar-refractivity contribution is -0.130. The van der Waals surface area contributed by atoms with Crippen molar-refractivity contribution < 1.29 is 4.79 Å². The minimum absolute atomic E-state index is 0.0705. The zero-order chi connectivity index (χ0) is 12.4. The van der Waals surface area contributed by atoms with Crippen LogP contribution >= 0.6 is 0 Å². The fourth-order valence-corrected chi connectivity index (χ4v) is 1.86. The minimum atomic E-state index is -0.625. The number of hydrogen-bond acceptors (Lipinski definition) is 4. The van der Waals surface area contributed by atoms with Crippen LogP contribution in [0.4, 0.5) is 5.69 Å². The summed E-state index contributed by atoms with van der Waals surface area (Å²) in [5.74, 6) is -0.129. The summed E-state index contributed by atoms with van der Waals surface area (Å²) < 4.78 is 1.12. The Labute approximate surface area is 96.8 Å². The maximum absolute atomic E-state index is 11.8. The molecule has 92 valence electrons. The van der Waals surface area contributed by atoms with Crippen LogP contribution < -0.4 is 17.0 Å². The standard InChI is InChI=1S/C10H14N4O3/c11-7-5-14(10(17)12-9(7)16)6-8(15)13-3-1-2-4-13/h5H,1-4,6,11H2,(H,12,16,17). The van der Waals surface area contributed by atoms with Gasteiger partial charge in [-0.05, 0) is 12.8 Å². The average Bonchev–Trinajstić information content (AvgIpc) is 2.79. The predicted octanol–water partition coefficient (Wildman–Crippen LogP) is -1.26. The molecule has 3 N–H and O–H groups in total. The molecule has 0 aliphatic carbocycles. The van der Waals surface area contributed by atoms with E-state index in [1.807, 2.05) is 0 Å². The minimum Gasteiger partial charge on any atom is -0.393 e. The van der Waals surface area contributed by atoms with Crippen LogP contribution in [0.2, 0.25) is 0 Å². The highest BCUT2D eigenvalue weighted by Gasteiger charge is 2.18. The largest absolute Gasteiger partial charge is 0.393 e. The molecule has 0 spiro atoms. The molecule has 17 heavy (non-hydrogen) atoms. The van der Waals surface area contributed by atoms with Crippen LogP contribution in [0.5, 0.6) is 0 Å². The van der Waals surface area contributed by atoms with Gasteiger partial charge in [0.2, 0.25) is 5.91 Å². The van der Waals surface area contributed by atoms with E-state index < -0.39 is 11.2 Å². The van der Waals surface area contributed by atoms with Crippen molar-refractivity contribution in [2.24, 2.45) is 0 Å². The summed E-state index contributed by atoms with van der Waals surface area (Å²) >= 11 is 0. The lowest BCUT2D eigenvalue weighted by Gasteiger charge is -2.15. The van der Waals surface area contributed by atoms with E-state index >= 15 is 0 Å². The summed E-state index contributed by atoms with van der Waals surface area (Å²) in [7, 11) is 0. The first-order valence-corrected chi connectivity index (χ1v) is 5.45. The molecule has 0 atom stereocenters. The monoisotopic (exact) mass is 238 g/mol. The second-order valence-electron chi connectivity index (χ2n) is 4.06. The smallest absolute Gasteiger partial charge is 0.328 e. The number of anilines is 1. The second kappa shape index (κ2) is 4.44. The molecule has 1 amide bonds. The number of nitrogens with two attached hydrogens (primary N) is 1. The fraction of sp³-hybridized carbons (Fsp3) is 0.500. The molecular weight excluding hydrogens is 224 g/mol. The highest BCUT2D eigenvalue weighted by atomic mass is 16.2. The highest BCUT2D eigenvalue weighted by Crippen LogP contribution is 2.07. The van der Waals surface area contributed by atoms with Crippen molar-refractivity contribution in [2.75, 3.05) is 18.8 Å². The molecule has 0 aromatic carbocycles. The Balaban J connectivity index is 2.18. The average molecular weight is 238 g/mol. The van der Waals surface area contributed by atoms with Gasteiger partial charge in [0.05, 0.1) is 0 Å². The molecule has 0 saturated carbocycles. The molecule has 2 heterocycles. The van der Waals surface area contributed by atoms with E-state index in [0.29, 0.717) is 0 Å². The van der Waals surface area contributed by atoms with Crippen molar-refractivity contribution in [3.8, 4) is 0 Å². The number of amides is 1. The van der Waals surface area contributed by atoms with Crippen molar-refractivity contribution in [2.45, 2.75) is 19.4 Å². The third-order valence-corrected chi connectivity index (χ3v) is 2.80. The van der Waals surface area contributed by atoms with Crippen molar-refractivity contribution in [1.29, 1.82) is 0 Å². The normalized spacial score (nSPS) is 15.2. The lowest BCUT2D eigenvalue weighted by atomic mass is 10.4. The zero-order valence-electron chi connectivity index (χ0n) is 9.31. The van der Waals surface area contributed by atoms with Crippen LogP contribution in [0, 0.1) is 0 Å². The van der Waals surface area contributed by atoms with Crippen LogP contribution in [0.15, 0.2) is 15.8 Å². The lowest BCUT2D eigenvalue weighted by Crippen LogP contribution is -2.37. The fourth-order valence-electron chi connectivity index (χ4n) is 1.86. The van der Waals surface area contributed by atoms with Gasteiger partial charge in [0.1, 0.15) is 12.2 Å². The van der Waals surface area contributed by atoms with Crippen molar-refractivity contribution in [3.05, 3.63) is 27.0 Å². The number of carbonyl (C=O) groups excluding carboxylic acids is 1. The number of likely N-dealkylation sites (tertiary alicyclic amines) is 1. The molecular formula is C10H14N4O3. The van der Waals surface area contributed by atoms with Crippen LogP contribution in [0.3, 0.4) is 0 Å². The van der Waals surface area contributed by atoms with Gasteiger partial charge in [-0.3, -0.25) is 19.1 Å². The van der Waals surface area contributed by atoms with Gasteiger partial charge in [0, 0.05) is 19.3 Å². The Kier molecular flexibility index (Phi) is 2.99. The molecule has 1 aliphatic heterocycles. The van der Waals surface area contributed by atoms with Gasteiger partial charge in [-0.1, -0.05) is 0 Å². The molecule has 1 aromatic heterocycles. The number of hydrogen-bond donors (Lipinski definition) is 2. The summed E-state index contributed by atoms with van der Waals surface area (Å²) in [5.41, 5.74) is 4.08. The Bertz CT molecular complexity index is 539. The molecule has 1 fully saturated rings. The summed E-state index contributed by atoms with van der Waals surface area (Å²) in [6, 6.07) is 0. The van der Waals surface area contributed by atoms with E-state index in [9.17, 15) is 14.4 Å². The molecule has 1 aromatic rings. The highest BCUT2D eigenvalue weighted by molar-refractivity contribution is 5.76. The van der Waals surface area contributed by atoms with Crippen LogP contribution in [-0.4, -0.2) is 33.4 Å². The van der Waals surface area contributed by atoms with Gasteiger partial charge < -0.3 is 10.6 Å². The Morgan fingerprint density at radius 1 is 1.35 bits per heavy atom. The molecule has 0 bridgehead atoms. The van der Waals surface area contributed by atoms with E-state index in [1.54, 1.807) is 4.90 Å². The van der Waals surface area contributed by atoms with E-state index in [1.165, 1.54) is 6.20 Å². The molecule has 2 rings (SSSR count). The predicted molar refractivity (Wildman–Crippen MR) is 61.5 cm³/mol. The van der Waals surface area contributed by atoms with Crippen molar-refractivity contribution >= 4 is 11.6 Å². The van der Waals surface area contributed by atoms with Gasteiger partial charge in [-0.15, -0.1) is 0 Å². The van der Waals surface area contributed by atoms with E-state index in [-0.39, 0.29) is 18.1 Å². The quantitative estimate of drug-likeness (QED) is 0.671. The van der Waals surface area contributed by atoms with Gasteiger partial charge in [-0.2, -0.15) is 0 Å². The number of nitrogen functional groups attached to an aromatic ring is 1. The zero-order valence-corrected chi connectivity index (χ0v) is 9.31. The second-order valence-corrected chi connectivity index (χ2v) is 4.06. The summed E-state index contributed by atoms with van der Waals surface area (Å²) in [6.07, 6.45) is 3.19. The number of nitrogens with one attached hydrogen (secondary N) is 1. The Hall–Kier alpha value is -2.05. The van der Waals surface area contributed by atoms with E-state index in [4.69, 9.17) is 5.73 Å². The third-order valence-electron chi connectivity index (χ3n) is 2.80. The number of nitrogens with zero attached hydrogens (tertiary/aromatic N) is 2. The van der Waals surface area contributed by atoms with Gasteiger partial charge >= 0.3 is 5.69 Å². The van der Waals surface area contributed by atoms with Crippen LogP contribution in [0.1, 0.15) is 12.8 Å². The number of rotatable bonds is 2. The van der Waals surface area contributed by atoms with Crippen molar-refractivity contribution in [1.82, 2.24) is 14.5 Å². The molecule has 0 radical (unpaired) electrons. The molecule has 7 heteroatoms. The summed E-state index contributed by atoms with van der Waals surface area (Å²) in [5, 5.41) is 0. The maximum Gasteiger partial charge on any atom is 0.328 e. The maximum atomic E-state index is 11.8. The number of H-pyrrole nitrogens is 1. The number of aromatic nitrogens is 2. The molecule has 7 nitrogen and oxygen atoms in total. The molecule has 0 unspecified atom stereocenters. The van der Waals surface area contributed by atoms with E-state index in [0.717, 1.165) is 30.5 Å². The first-order valence-electron chi connectivity index (χ1n) is 5.45. The first kappa shape index (κ1) is 11.4. The molecule has 1 aliphatic rings. The summed E-state index contributed by atoms with van der Waals surface area (Å²) in [4.78, 5) is 38.0. The van der Waals surface area contributed by atoms with Crippen LogP contribution in [0.25, 0.3) is 0 Å². The van der Waals surface area contributed by atoms with E-state index in [2.05, 4.69) is 4.98 Å². The molecule has 1 saturated heterocycles. The SMILES string of the molecule is Nc1cn(CC(=O)N2CCCC2)c(=O)[nH]c1=O. The third kappa shape index (κ3) is 2.38. The van der Waals surface area contributed by atoms with Gasteiger partial charge in [0.15, 0.2) is 0 Å². The summed E-state index contributed by atoms with van der Waals surface area (Å²) in [6.45, 7) is 1.37. The van der Waals surface area contributed by atoms with Crippen LogP contribution in [-0.2, 0) is 11.3 Å².